The Morgan fingerprint density at radius 3 is 2.11 bits per heavy atom. The molecule has 9 heavy (non-hydrogen) atoms. The molecule has 2 nitrogen and oxygen atoms in total. The molecule has 54 valence electrons. The van der Waals surface area contributed by atoms with Gasteiger partial charge in [-0.05, 0) is 13.8 Å². The third-order valence-electron chi connectivity index (χ3n) is 1.51. The van der Waals surface area contributed by atoms with E-state index in [2.05, 4.69) is 45.1 Å². The average Bonchev–Trinajstić information content (AvgIpc) is 1.59. The fraction of sp³-hybridized carbons (Fsp3) is 1.00. The highest BCUT2D eigenvalue weighted by Crippen LogP contribution is 2.07. The Bertz CT molecular complexity index is 72.0. The van der Waals surface area contributed by atoms with E-state index >= 15 is 0 Å². The lowest BCUT2D eigenvalue weighted by Crippen LogP contribution is -2.50. The van der Waals surface area contributed by atoms with Crippen LogP contribution in [0.5, 0.6) is 0 Å². The molecule has 1 N–H and O–H groups in total. The van der Waals surface area contributed by atoms with E-state index in [-0.39, 0.29) is 0 Å². The quantitative estimate of drug-likeness (QED) is 0.502. The maximum absolute atomic E-state index is 3.46. The third kappa shape index (κ3) is 2.39. The van der Waals surface area contributed by atoms with Gasteiger partial charge in [0.1, 0.15) is 0 Å². The first-order chi connectivity index (χ1) is 4.18. The molecule has 1 saturated heterocycles. The van der Waals surface area contributed by atoms with Crippen LogP contribution in [0.25, 0.3) is 0 Å². The minimum absolute atomic E-state index is 0.658. The Kier molecular flexibility index (Phi) is 2.73. The van der Waals surface area contributed by atoms with Gasteiger partial charge in [0.25, 0.3) is 0 Å². The molecule has 0 bridgehead atoms. The van der Waals surface area contributed by atoms with Crippen LogP contribution in [-0.2, 0) is 0 Å². The van der Waals surface area contributed by atoms with Crippen molar-refractivity contribution in [1.29, 1.82) is 0 Å². The molecule has 1 fully saturated rings. The number of nitrogens with one attached hydrogen (secondary N) is 1. The molecule has 0 spiro atoms. The standard InChI is InChI=1S/C6H13IN2/c1-5-3-9(7)4-6(2)8-5/h5-6,8H,3-4H2,1-2H3/t5-,6-/m1/s1. The summed E-state index contributed by atoms with van der Waals surface area (Å²) in [5.41, 5.74) is 0. The van der Waals surface area contributed by atoms with Gasteiger partial charge < -0.3 is 5.32 Å². The van der Waals surface area contributed by atoms with Crippen LogP contribution in [0.4, 0.5) is 0 Å². The van der Waals surface area contributed by atoms with Gasteiger partial charge in [-0.15, -0.1) is 0 Å². The van der Waals surface area contributed by atoms with Gasteiger partial charge >= 0.3 is 0 Å². The number of rotatable bonds is 0. The summed E-state index contributed by atoms with van der Waals surface area (Å²) in [6.45, 7) is 6.79. The number of hydrogen-bond donors (Lipinski definition) is 1. The predicted molar refractivity (Wildman–Crippen MR) is 47.7 cm³/mol. The Morgan fingerprint density at radius 2 is 1.78 bits per heavy atom. The second-order valence-corrected chi connectivity index (χ2v) is 4.16. The first kappa shape index (κ1) is 7.75. The van der Waals surface area contributed by atoms with Crippen molar-refractivity contribution < 1.29 is 0 Å². The molecular formula is C6H13IN2. The highest BCUT2D eigenvalue weighted by atomic mass is 127. The van der Waals surface area contributed by atoms with Crippen LogP contribution in [0.15, 0.2) is 0 Å². The molecule has 1 heterocycles. The Balaban J connectivity index is 2.34. The second kappa shape index (κ2) is 3.16. The zero-order valence-corrected chi connectivity index (χ0v) is 8.05. The monoisotopic (exact) mass is 240 g/mol. The van der Waals surface area contributed by atoms with Crippen molar-refractivity contribution in [2.24, 2.45) is 0 Å². The largest absolute Gasteiger partial charge is 0.309 e. The molecule has 0 radical (unpaired) electrons. The first-order valence-corrected chi connectivity index (χ1v) is 4.31. The van der Waals surface area contributed by atoms with Crippen LogP contribution in [0.1, 0.15) is 13.8 Å². The summed E-state index contributed by atoms with van der Waals surface area (Å²) >= 11 is 2.38. The third-order valence-corrected chi connectivity index (χ3v) is 2.30. The molecule has 0 aliphatic carbocycles. The lowest BCUT2D eigenvalue weighted by atomic mass is 10.2. The molecular weight excluding hydrogens is 227 g/mol. The highest BCUT2D eigenvalue weighted by Gasteiger charge is 2.17. The van der Waals surface area contributed by atoms with Gasteiger partial charge in [0.05, 0.1) is 0 Å². The van der Waals surface area contributed by atoms with Crippen molar-refractivity contribution in [2.45, 2.75) is 25.9 Å². The van der Waals surface area contributed by atoms with Crippen LogP contribution < -0.4 is 5.32 Å². The summed E-state index contributed by atoms with van der Waals surface area (Å²) < 4.78 is 2.34. The summed E-state index contributed by atoms with van der Waals surface area (Å²) in [5, 5.41) is 3.46. The van der Waals surface area contributed by atoms with Crippen LogP contribution in [0.2, 0.25) is 0 Å². The smallest absolute Gasteiger partial charge is 0.0233 e. The number of halogens is 1. The zero-order valence-electron chi connectivity index (χ0n) is 5.89. The fourth-order valence-electron chi connectivity index (χ4n) is 1.26. The molecule has 0 aromatic carbocycles. The van der Waals surface area contributed by atoms with Gasteiger partial charge in [0.15, 0.2) is 0 Å². The van der Waals surface area contributed by atoms with Crippen LogP contribution in [0, 0.1) is 0 Å². The molecule has 1 rings (SSSR count). The van der Waals surface area contributed by atoms with E-state index in [1.165, 1.54) is 13.1 Å². The average molecular weight is 240 g/mol. The van der Waals surface area contributed by atoms with E-state index in [4.69, 9.17) is 0 Å². The predicted octanol–water partition coefficient (Wildman–Crippen LogP) is 1.02. The van der Waals surface area contributed by atoms with Crippen molar-refractivity contribution >= 4 is 22.9 Å². The summed E-state index contributed by atoms with van der Waals surface area (Å²) in [7, 11) is 0. The van der Waals surface area contributed by atoms with E-state index in [9.17, 15) is 0 Å². The minimum Gasteiger partial charge on any atom is -0.309 e. The molecule has 1 aliphatic rings. The van der Waals surface area contributed by atoms with Gasteiger partial charge in [-0.1, -0.05) is 0 Å². The minimum atomic E-state index is 0.658. The molecule has 0 aromatic rings. The van der Waals surface area contributed by atoms with Crippen LogP contribution in [0.3, 0.4) is 0 Å². The van der Waals surface area contributed by atoms with Gasteiger partial charge in [0.2, 0.25) is 0 Å². The Morgan fingerprint density at radius 1 is 1.33 bits per heavy atom. The van der Waals surface area contributed by atoms with Gasteiger partial charge in [-0.2, -0.15) is 0 Å². The van der Waals surface area contributed by atoms with Gasteiger partial charge in [0, 0.05) is 48.0 Å². The topological polar surface area (TPSA) is 15.3 Å². The highest BCUT2D eigenvalue weighted by molar-refractivity contribution is 14.1. The number of hydrogen-bond acceptors (Lipinski definition) is 2. The van der Waals surface area contributed by atoms with E-state index in [0.29, 0.717) is 12.1 Å². The van der Waals surface area contributed by atoms with Gasteiger partial charge in [-0.3, -0.25) is 0 Å². The molecule has 0 amide bonds. The van der Waals surface area contributed by atoms with Crippen LogP contribution in [-0.4, -0.2) is 28.3 Å². The number of piperazine rings is 1. The SMILES string of the molecule is C[C@@H]1CN(I)C[C@@H](C)N1. The summed E-state index contributed by atoms with van der Waals surface area (Å²) in [5.74, 6) is 0. The van der Waals surface area contributed by atoms with Crippen molar-refractivity contribution in [3.05, 3.63) is 0 Å². The van der Waals surface area contributed by atoms with E-state index in [0.717, 1.165) is 0 Å². The molecule has 3 heteroatoms. The Hall–Kier alpha value is 0.650. The molecule has 2 atom stereocenters. The zero-order chi connectivity index (χ0) is 6.85. The first-order valence-electron chi connectivity index (χ1n) is 3.35. The lowest BCUT2D eigenvalue weighted by Gasteiger charge is -2.31. The summed E-state index contributed by atoms with van der Waals surface area (Å²) in [4.78, 5) is 0. The lowest BCUT2D eigenvalue weighted by molar-refractivity contribution is 0.299. The summed E-state index contributed by atoms with van der Waals surface area (Å²) in [6.07, 6.45) is 0. The molecule has 1 aliphatic heterocycles. The van der Waals surface area contributed by atoms with Crippen molar-refractivity contribution in [1.82, 2.24) is 8.43 Å². The van der Waals surface area contributed by atoms with E-state index in [1.54, 1.807) is 0 Å². The van der Waals surface area contributed by atoms with Gasteiger partial charge in [-0.25, -0.2) is 3.11 Å². The second-order valence-electron chi connectivity index (χ2n) is 2.80. The maximum Gasteiger partial charge on any atom is 0.0233 e. The number of nitrogens with zero attached hydrogens (tertiary/aromatic N) is 1. The van der Waals surface area contributed by atoms with Crippen LogP contribution >= 0.6 is 22.9 Å². The molecule has 0 aromatic heterocycles. The maximum atomic E-state index is 3.46. The summed E-state index contributed by atoms with van der Waals surface area (Å²) in [6, 6.07) is 1.32. The Labute approximate surface area is 70.5 Å². The van der Waals surface area contributed by atoms with E-state index < -0.39 is 0 Å². The molecule has 0 saturated carbocycles. The van der Waals surface area contributed by atoms with Crippen molar-refractivity contribution in [3.8, 4) is 0 Å². The normalized spacial score (nSPS) is 39.0. The van der Waals surface area contributed by atoms with E-state index in [1.807, 2.05) is 0 Å². The van der Waals surface area contributed by atoms with Crippen molar-refractivity contribution in [2.75, 3.05) is 13.1 Å². The molecule has 0 unspecified atom stereocenters. The van der Waals surface area contributed by atoms with Crippen molar-refractivity contribution in [3.63, 3.8) is 0 Å². The fourth-order valence-corrected chi connectivity index (χ4v) is 2.44.